The lowest BCUT2D eigenvalue weighted by Gasteiger charge is -2.47. The van der Waals surface area contributed by atoms with Gasteiger partial charge < -0.3 is 40.7 Å². The van der Waals surface area contributed by atoms with Gasteiger partial charge in [-0.3, -0.25) is 19.2 Å². The lowest BCUT2D eigenvalue weighted by Crippen LogP contribution is -2.69. The molecule has 1 fully saturated rings. The second-order valence-corrected chi connectivity index (χ2v) is 18.7. The van der Waals surface area contributed by atoms with Gasteiger partial charge in [0.2, 0.25) is 17.7 Å². The number of ether oxygens (including phenoxy) is 1. The molecule has 0 saturated carbocycles. The molecular weight excluding hydrogens is 799 g/mol. The minimum atomic E-state index is -1.55. The molecule has 1 aliphatic heterocycles. The number of aliphatic hydroxyl groups is 3. The SMILES string of the molecule is CCCCCCCCCCCCCCCCCCN(C(=O)CCCCCCCCCCCCCCCCC)[C@@H]1O[C@H](CO)[C@@H](O)[C@H](O)[C@H]1NC(=O)[C@H](C)NC(=O)CCCCC(=O)O. The summed E-state index contributed by atoms with van der Waals surface area (Å²) < 4.78 is 6.16. The molecule has 0 aliphatic carbocycles. The van der Waals surface area contributed by atoms with E-state index < -0.39 is 61.0 Å². The molecular formula is C51H97N3O9. The molecule has 370 valence electrons. The Morgan fingerprint density at radius 2 is 0.921 bits per heavy atom. The Bertz CT molecular complexity index is 1140. The number of unbranched alkanes of at least 4 members (excludes halogenated alkanes) is 30. The quantitative estimate of drug-likeness (QED) is 0.0324. The molecule has 6 atom stereocenters. The van der Waals surface area contributed by atoms with E-state index in [4.69, 9.17) is 9.84 Å². The minimum absolute atomic E-state index is 0.0461. The summed E-state index contributed by atoms with van der Waals surface area (Å²) in [6.07, 6.45) is 33.6. The van der Waals surface area contributed by atoms with E-state index in [1.165, 1.54) is 155 Å². The van der Waals surface area contributed by atoms with Crippen LogP contribution in [0.5, 0.6) is 0 Å². The molecule has 0 aromatic rings. The number of rotatable bonds is 43. The zero-order chi connectivity index (χ0) is 46.3. The number of aliphatic carboxylic acids is 1. The standard InChI is InChI=1S/C51H97N3O9/c1-4-6-8-10-12-14-16-18-20-22-24-26-28-30-32-36-40-54(45(57)38-33-31-29-27-25-23-21-19-17-15-13-11-9-7-5-2)51-47(49(61)48(60)43(41-55)63-51)53-50(62)42(3)52-44(56)37-34-35-39-46(58)59/h42-43,47-49,51,55,60-61H,4-41H2,1-3H3,(H,52,56)(H,53,62)(H,58,59)/t42-,43+,47+,48+,49+,51+/m0/s1. The van der Waals surface area contributed by atoms with E-state index in [1.807, 2.05) is 0 Å². The van der Waals surface area contributed by atoms with Crippen LogP contribution in [0, 0.1) is 0 Å². The third-order valence-electron chi connectivity index (χ3n) is 12.9. The van der Waals surface area contributed by atoms with Crippen LogP contribution in [0.2, 0.25) is 0 Å². The van der Waals surface area contributed by atoms with Crippen molar-refractivity contribution < 1.29 is 44.3 Å². The molecule has 12 nitrogen and oxygen atoms in total. The van der Waals surface area contributed by atoms with Crippen molar-refractivity contribution in [2.75, 3.05) is 13.2 Å². The highest BCUT2D eigenvalue weighted by Gasteiger charge is 2.48. The predicted octanol–water partition coefficient (Wildman–Crippen LogP) is 10.4. The normalized spacial score (nSPS) is 19.2. The number of carbonyl (C=O) groups excluding carboxylic acids is 3. The first-order valence-corrected chi connectivity index (χ1v) is 26.3. The van der Waals surface area contributed by atoms with Crippen molar-refractivity contribution >= 4 is 23.7 Å². The lowest BCUT2D eigenvalue weighted by molar-refractivity contribution is -0.231. The molecule has 0 spiro atoms. The summed E-state index contributed by atoms with van der Waals surface area (Å²) in [7, 11) is 0. The number of nitrogens with zero attached hydrogens (tertiary/aromatic N) is 1. The van der Waals surface area contributed by atoms with Gasteiger partial charge in [0.05, 0.1) is 6.61 Å². The van der Waals surface area contributed by atoms with Gasteiger partial charge in [0, 0.05) is 25.8 Å². The average molecular weight is 896 g/mol. The van der Waals surface area contributed by atoms with Crippen molar-refractivity contribution in [3.63, 3.8) is 0 Å². The number of carboxylic acid groups (broad SMARTS) is 1. The van der Waals surface area contributed by atoms with Crippen molar-refractivity contribution in [2.24, 2.45) is 0 Å². The van der Waals surface area contributed by atoms with Crippen LogP contribution in [0.3, 0.4) is 0 Å². The van der Waals surface area contributed by atoms with Gasteiger partial charge in [-0.1, -0.05) is 200 Å². The first-order chi connectivity index (χ1) is 30.6. The molecule has 0 radical (unpaired) electrons. The molecule has 0 bridgehead atoms. The summed E-state index contributed by atoms with van der Waals surface area (Å²) in [5.41, 5.74) is 0. The predicted molar refractivity (Wildman–Crippen MR) is 254 cm³/mol. The van der Waals surface area contributed by atoms with Gasteiger partial charge in [-0.25, -0.2) is 0 Å². The van der Waals surface area contributed by atoms with Crippen molar-refractivity contribution in [2.45, 2.75) is 289 Å². The Kier molecular flexibility index (Phi) is 37.3. The fraction of sp³-hybridized carbons (Fsp3) is 0.922. The maximum Gasteiger partial charge on any atom is 0.303 e. The second-order valence-electron chi connectivity index (χ2n) is 18.7. The Balaban J connectivity index is 2.76. The Morgan fingerprint density at radius 3 is 1.33 bits per heavy atom. The van der Waals surface area contributed by atoms with E-state index in [0.29, 0.717) is 32.2 Å². The van der Waals surface area contributed by atoms with Gasteiger partial charge in [0.15, 0.2) is 6.23 Å². The average Bonchev–Trinajstić information content (AvgIpc) is 3.26. The van der Waals surface area contributed by atoms with Gasteiger partial charge in [-0.2, -0.15) is 0 Å². The third-order valence-corrected chi connectivity index (χ3v) is 12.9. The van der Waals surface area contributed by atoms with Crippen LogP contribution in [-0.2, 0) is 23.9 Å². The smallest absolute Gasteiger partial charge is 0.303 e. The number of carbonyl (C=O) groups is 4. The third kappa shape index (κ3) is 29.8. The molecule has 6 N–H and O–H groups in total. The minimum Gasteiger partial charge on any atom is -0.481 e. The first-order valence-electron chi connectivity index (χ1n) is 26.3. The van der Waals surface area contributed by atoms with Crippen LogP contribution >= 0.6 is 0 Å². The van der Waals surface area contributed by atoms with Crippen molar-refractivity contribution in [1.29, 1.82) is 0 Å². The summed E-state index contributed by atoms with van der Waals surface area (Å²) in [6, 6.07) is -2.22. The number of aliphatic hydroxyl groups excluding tert-OH is 3. The highest BCUT2D eigenvalue weighted by molar-refractivity contribution is 5.87. The molecule has 0 unspecified atom stereocenters. The summed E-state index contributed by atoms with van der Waals surface area (Å²) in [5.74, 6) is -2.13. The van der Waals surface area contributed by atoms with Gasteiger partial charge in [0.25, 0.3) is 0 Å². The maximum atomic E-state index is 14.1. The highest BCUT2D eigenvalue weighted by Crippen LogP contribution is 2.26. The van der Waals surface area contributed by atoms with Crippen LogP contribution in [0.15, 0.2) is 0 Å². The fourth-order valence-electron chi connectivity index (χ4n) is 8.77. The van der Waals surface area contributed by atoms with Crippen LogP contribution in [-0.4, -0.2) is 98.8 Å². The van der Waals surface area contributed by atoms with Gasteiger partial charge in [-0.15, -0.1) is 0 Å². The van der Waals surface area contributed by atoms with Gasteiger partial charge in [-0.05, 0) is 32.6 Å². The number of carboxylic acids is 1. The molecule has 12 heteroatoms. The molecule has 3 amide bonds. The van der Waals surface area contributed by atoms with E-state index in [0.717, 1.165) is 38.5 Å². The Labute approximate surface area is 384 Å². The lowest BCUT2D eigenvalue weighted by atomic mass is 9.94. The van der Waals surface area contributed by atoms with Crippen LogP contribution in [0.25, 0.3) is 0 Å². The van der Waals surface area contributed by atoms with E-state index in [2.05, 4.69) is 24.5 Å². The molecule has 0 aromatic heterocycles. The topological polar surface area (TPSA) is 186 Å². The highest BCUT2D eigenvalue weighted by atomic mass is 16.5. The molecule has 1 heterocycles. The number of amides is 3. The maximum absolute atomic E-state index is 14.1. The van der Waals surface area contributed by atoms with Crippen molar-refractivity contribution in [3.05, 3.63) is 0 Å². The summed E-state index contributed by atoms with van der Waals surface area (Å²) in [4.78, 5) is 52.4. The monoisotopic (exact) mass is 896 g/mol. The van der Waals surface area contributed by atoms with Gasteiger partial charge in [0.1, 0.15) is 30.4 Å². The van der Waals surface area contributed by atoms with Crippen molar-refractivity contribution in [3.8, 4) is 0 Å². The molecule has 0 aromatic carbocycles. The zero-order valence-electron chi connectivity index (χ0n) is 40.6. The Morgan fingerprint density at radius 1 is 0.540 bits per heavy atom. The zero-order valence-corrected chi connectivity index (χ0v) is 40.6. The van der Waals surface area contributed by atoms with Crippen LogP contribution in [0.1, 0.15) is 252 Å². The largest absolute Gasteiger partial charge is 0.481 e. The molecule has 1 aliphatic rings. The fourth-order valence-corrected chi connectivity index (χ4v) is 8.77. The molecule has 63 heavy (non-hydrogen) atoms. The van der Waals surface area contributed by atoms with Crippen LogP contribution in [0.4, 0.5) is 0 Å². The van der Waals surface area contributed by atoms with E-state index in [-0.39, 0.29) is 25.2 Å². The summed E-state index contributed by atoms with van der Waals surface area (Å²) in [6.45, 7) is 5.78. The van der Waals surface area contributed by atoms with Crippen LogP contribution < -0.4 is 10.6 Å². The van der Waals surface area contributed by atoms with E-state index in [1.54, 1.807) is 4.90 Å². The van der Waals surface area contributed by atoms with E-state index >= 15 is 0 Å². The molecule has 1 saturated heterocycles. The number of hydrogen-bond donors (Lipinski definition) is 6. The number of nitrogens with one attached hydrogen (secondary N) is 2. The second kappa shape index (κ2) is 40.0. The number of hydrogen-bond acceptors (Lipinski definition) is 8. The summed E-state index contributed by atoms with van der Waals surface area (Å²) in [5, 5.41) is 46.6. The first kappa shape index (κ1) is 58.7. The molecule has 1 rings (SSSR count). The van der Waals surface area contributed by atoms with Gasteiger partial charge >= 0.3 is 5.97 Å². The summed E-state index contributed by atoms with van der Waals surface area (Å²) >= 11 is 0. The Hall–Kier alpha value is -2.28. The van der Waals surface area contributed by atoms with E-state index in [9.17, 15) is 34.5 Å². The van der Waals surface area contributed by atoms with Crippen molar-refractivity contribution in [1.82, 2.24) is 15.5 Å².